The number of hydrogen-bond donors (Lipinski definition) is 1. The zero-order valence-corrected chi connectivity index (χ0v) is 14.1. The monoisotopic (exact) mass is 364 g/mol. The van der Waals surface area contributed by atoms with Crippen molar-refractivity contribution in [3.8, 4) is 0 Å². The number of carbonyl (C=O) groups is 1. The number of hydrogen-bond acceptors (Lipinski definition) is 2. The fourth-order valence-electron chi connectivity index (χ4n) is 2.14. The molecule has 1 unspecified atom stereocenters. The molecule has 0 saturated carbocycles. The van der Waals surface area contributed by atoms with E-state index in [-0.39, 0.29) is 17.8 Å². The molecular weight excluding hydrogens is 347 g/mol. The minimum absolute atomic E-state index is 0.149. The summed E-state index contributed by atoms with van der Waals surface area (Å²) in [5.74, 6) is -0.435. The molecule has 116 valence electrons. The van der Waals surface area contributed by atoms with E-state index in [4.69, 9.17) is 0 Å². The van der Waals surface area contributed by atoms with Crippen molar-refractivity contribution in [1.82, 2.24) is 10.2 Å². The van der Waals surface area contributed by atoms with E-state index < -0.39 is 0 Å². The van der Waals surface area contributed by atoms with Gasteiger partial charge in [-0.1, -0.05) is 28.1 Å². The molecule has 0 aromatic heterocycles. The van der Waals surface area contributed by atoms with Crippen LogP contribution in [0.4, 0.5) is 4.39 Å². The summed E-state index contributed by atoms with van der Waals surface area (Å²) in [6, 6.07) is 13.2. The molecule has 1 amide bonds. The second-order valence-corrected chi connectivity index (χ2v) is 6.26. The maximum atomic E-state index is 13.1. The topological polar surface area (TPSA) is 32.3 Å². The molecule has 0 fully saturated rings. The van der Waals surface area contributed by atoms with Gasteiger partial charge in [-0.25, -0.2) is 4.39 Å². The van der Waals surface area contributed by atoms with Crippen molar-refractivity contribution in [1.29, 1.82) is 0 Å². The van der Waals surface area contributed by atoms with Crippen LogP contribution in [0.25, 0.3) is 0 Å². The van der Waals surface area contributed by atoms with Crippen LogP contribution in [0.15, 0.2) is 53.0 Å². The minimum atomic E-state index is -0.286. The van der Waals surface area contributed by atoms with E-state index >= 15 is 0 Å². The zero-order chi connectivity index (χ0) is 16.1. The molecule has 0 radical (unpaired) electrons. The Hall–Kier alpha value is -1.72. The summed E-state index contributed by atoms with van der Waals surface area (Å²) >= 11 is 3.35. The molecular formula is C17H18BrFN2O. The van der Waals surface area contributed by atoms with Crippen molar-refractivity contribution in [2.75, 3.05) is 20.6 Å². The van der Waals surface area contributed by atoms with Crippen LogP contribution >= 0.6 is 15.9 Å². The highest BCUT2D eigenvalue weighted by Crippen LogP contribution is 2.16. The molecule has 0 aliphatic heterocycles. The van der Waals surface area contributed by atoms with E-state index in [1.54, 1.807) is 24.3 Å². The van der Waals surface area contributed by atoms with Crippen molar-refractivity contribution in [3.05, 3.63) is 69.9 Å². The summed E-state index contributed by atoms with van der Waals surface area (Å²) in [5, 5.41) is 3.00. The average Bonchev–Trinajstić information content (AvgIpc) is 2.47. The molecule has 2 aromatic carbocycles. The van der Waals surface area contributed by atoms with Crippen molar-refractivity contribution in [2.24, 2.45) is 0 Å². The van der Waals surface area contributed by atoms with Gasteiger partial charge >= 0.3 is 0 Å². The Morgan fingerprint density at radius 3 is 2.27 bits per heavy atom. The normalized spacial score (nSPS) is 12.2. The molecule has 0 heterocycles. The summed E-state index contributed by atoms with van der Waals surface area (Å²) in [4.78, 5) is 14.4. The van der Waals surface area contributed by atoms with Crippen molar-refractivity contribution in [2.45, 2.75) is 6.04 Å². The third-order valence-corrected chi connectivity index (χ3v) is 3.76. The van der Waals surface area contributed by atoms with Crippen LogP contribution in [0.2, 0.25) is 0 Å². The van der Waals surface area contributed by atoms with Gasteiger partial charge in [0.2, 0.25) is 0 Å². The highest BCUT2D eigenvalue weighted by molar-refractivity contribution is 9.10. The first-order valence-corrected chi connectivity index (χ1v) is 7.71. The molecule has 0 saturated heterocycles. The number of nitrogens with zero attached hydrogens (tertiary/aromatic N) is 1. The summed E-state index contributed by atoms with van der Waals surface area (Å²) in [7, 11) is 3.87. The Bertz CT molecular complexity index is 626. The molecule has 2 rings (SSSR count). The van der Waals surface area contributed by atoms with Gasteiger partial charge in [0.15, 0.2) is 0 Å². The van der Waals surface area contributed by atoms with Crippen LogP contribution in [0.5, 0.6) is 0 Å². The number of rotatable bonds is 5. The first kappa shape index (κ1) is 16.6. The predicted octanol–water partition coefficient (Wildman–Crippen LogP) is 3.62. The van der Waals surface area contributed by atoms with Crippen LogP contribution in [0.3, 0.4) is 0 Å². The maximum Gasteiger partial charge on any atom is 0.251 e. The average molecular weight is 365 g/mol. The highest BCUT2D eigenvalue weighted by Gasteiger charge is 2.16. The Balaban J connectivity index is 2.17. The van der Waals surface area contributed by atoms with Gasteiger partial charge in [0.05, 0.1) is 6.04 Å². The Morgan fingerprint density at radius 2 is 1.73 bits per heavy atom. The lowest BCUT2D eigenvalue weighted by Gasteiger charge is -2.23. The summed E-state index contributed by atoms with van der Waals surface area (Å²) < 4.78 is 14.0. The van der Waals surface area contributed by atoms with Crippen LogP contribution in [0, 0.1) is 5.82 Å². The van der Waals surface area contributed by atoms with E-state index in [0.29, 0.717) is 12.1 Å². The molecule has 3 nitrogen and oxygen atoms in total. The van der Waals surface area contributed by atoms with E-state index in [1.807, 2.05) is 31.1 Å². The Morgan fingerprint density at radius 1 is 1.14 bits per heavy atom. The summed E-state index contributed by atoms with van der Waals surface area (Å²) in [5.41, 5.74) is 1.47. The number of amides is 1. The van der Waals surface area contributed by atoms with Crippen LogP contribution in [0.1, 0.15) is 22.0 Å². The number of likely N-dealkylation sites (N-methyl/N-ethyl adjacent to an activating group) is 1. The van der Waals surface area contributed by atoms with Crippen molar-refractivity contribution in [3.63, 3.8) is 0 Å². The second-order valence-electron chi connectivity index (χ2n) is 5.35. The molecule has 0 spiro atoms. The SMILES string of the molecule is CN(C)CC(NC(=O)c1ccc(Br)cc1)c1ccc(F)cc1. The van der Waals surface area contributed by atoms with E-state index in [1.165, 1.54) is 12.1 Å². The lowest BCUT2D eigenvalue weighted by Crippen LogP contribution is -2.35. The molecule has 0 bridgehead atoms. The lowest BCUT2D eigenvalue weighted by atomic mass is 10.1. The third-order valence-electron chi connectivity index (χ3n) is 3.23. The Kier molecular flexibility index (Phi) is 5.69. The van der Waals surface area contributed by atoms with Gasteiger partial charge in [0, 0.05) is 16.6 Å². The van der Waals surface area contributed by atoms with Crippen LogP contribution < -0.4 is 5.32 Å². The predicted molar refractivity (Wildman–Crippen MR) is 89.3 cm³/mol. The fraction of sp³-hybridized carbons (Fsp3) is 0.235. The van der Waals surface area contributed by atoms with Gasteiger partial charge in [-0.2, -0.15) is 0 Å². The van der Waals surface area contributed by atoms with Crippen LogP contribution in [-0.4, -0.2) is 31.4 Å². The minimum Gasteiger partial charge on any atom is -0.344 e. The first-order valence-electron chi connectivity index (χ1n) is 6.92. The molecule has 1 N–H and O–H groups in total. The fourth-order valence-corrected chi connectivity index (χ4v) is 2.40. The van der Waals surface area contributed by atoms with Gasteiger partial charge in [-0.15, -0.1) is 0 Å². The highest BCUT2D eigenvalue weighted by atomic mass is 79.9. The van der Waals surface area contributed by atoms with Gasteiger partial charge in [0.25, 0.3) is 5.91 Å². The number of carbonyl (C=O) groups excluding carboxylic acids is 1. The zero-order valence-electron chi connectivity index (χ0n) is 12.5. The standard InChI is InChI=1S/C17H18BrFN2O/c1-21(2)11-16(12-5-9-15(19)10-6-12)20-17(22)13-3-7-14(18)8-4-13/h3-10,16H,11H2,1-2H3,(H,20,22). The second kappa shape index (κ2) is 7.51. The third kappa shape index (κ3) is 4.64. The largest absolute Gasteiger partial charge is 0.344 e. The number of halogens is 2. The van der Waals surface area contributed by atoms with E-state index in [2.05, 4.69) is 21.2 Å². The number of benzene rings is 2. The molecule has 0 aliphatic rings. The van der Waals surface area contributed by atoms with E-state index in [0.717, 1.165) is 10.0 Å². The van der Waals surface area contributed by atoms with E-state index in [9.17, 15) is 9.18 Å². The smallest absolute Gasteiger partial charge is 0.251 e. The molecule has 22 heavy (non-hydrogen) atoms. The van der Waals surface area contributed by atoms with Crippen molar-refractivity contribution < 1.29 is 9.18 Å². The van der Waals surface area contributed by atoms with Crippen LogP contribution in [-0.2, 0) is 0 Å². The van der Waals surface area contributed by atoms with Gasteiger partial charge in [-0.3, -0.25) is 4.79 Å². The first-order chi connectivity index (χ1) is 10.5. The van der Waals surface area contributed by atoms with Gasteiger partial charge in [-0.05, 0) is 56.1 Å². The van der Waals surface area contributed by atoms with Gasteiger partial charge < -0.3 is 10.2 Å². The molecule has 5 heteroatoms. The summed E-state index contributed by atoms with van der Waals surface area (Å²) in [6.45, 7) is 0.633. The lowest BCUT2D eigenvalue weighted by molar-refractivity contribution is 0.0930. The maximum absolute atomic E-state index is 13.1. The molecule has 2 aromatic rings. The van der Waals surface area contributed by atoms with Crippen molar-refractivity contribution >= 4 is 21.8 Å². The molecule has 1 atom stereocenters. The number of nitrogens with one attached hydrogen (secondary N) is 1. The molecule has 0 aliphatic carbocycles. The Labute approximate surface area is 138 Å². The van der Waals surface area contributed by atoms with Gasteiger partial charge in [0.1, 0.15) is 5.82 Å². The summed E-state index contributed by atoms with van der Waals surface area (Å²) in [6.07, 6.45) is 0. The quantitative estimate of drug-likeness (QED) is 0.878.